The van der Waals surface area contributed by atoms with E-state index < -0.39 is 0 Å². The first-order valence-corrected chi connectivity index (χ1v) is 21.4. The lowest BCUT2D eigenvalue weighted by Gasteiger charge is -2.61. The van der Waals surface area contributed by atoms with Gasteiger partial charge in [0.25, 0.3) is 0 Å². The molecule has 4 fully saturated rings. The van der Waals surface area contributed by atoms with E-state index in [0.29, 0.717) is 11.8 Å². The van der Waals surface area contributed by atoms with Gasteiger partial charge in [-0.2, -0.15) is 0 Å². The fraction of sp³-hybridized carbons (Fsp3) is 0.179. The first-order valence-electron chi connectivity index (χ1n) is 21.4. The number of hydrogen-bond acceptors (Lipinski definition) is 1. The highest BCUT2D eigenvalue weighted by atomic mass is 15.1. The standard InChI is InChI=1S/C56H44N2/c1-3-13-38(14-4-1)44-27-28-54(48-19-8-7-17-45(44)48)57(43-24-26-50-49-20-10-12-22-53(49)58(55(50)35-43)41-15-5-2-6-16-41)42-23-25-47-46-18-9-11-21-51(46)56(52(47)34-42)39-30-36-29-37(32-39)33-40(56)31-36/h1-28,34-37,39-40H,29-33H2. The molecule has 5 aliphatic rings. The van der Waals surface area contributed by atoms with E-state index in [1.165, 1.54) is 110 Å². The van der Waals surface area contributed by atoms with Crippen LogP contribution in [0.25, 0.3) is 60.5 Å². The van der Waals surface area contributed by atoms with Crippen LogP contribution in [0.3, 0.4) is 0 Å². The summed E-state index contributed by atoms with van der Waals surface area (Å²) in [6.45, 7) is 0. The summed E-state index contributed by atoms with van der Waals surface area (Å²) in [5.41, 5.74) is 15.9. The van der Waals surface area contributed by atoms with Crippen molar-refractivity contribution < 1.29 is 0 Å². The van der Waals surface area contributed by atoms with Crippen LogP contribution in [0.2, 0.25) is 0 Å². The molecule has 8 aromatic carbocycles. The molecule has 0 amide bonds. The number of rotatable bonds is 5. The molecule has 0 atom stereocenters. The van der Waals surface area contributed by atoms with Gasteiger partial charge in [0.15, 0.2) is 0 Å². The van der Waals surface area contributed by atoms with Crippen molar-refractivity contribution in [3.63, 3.8) is 0 Å². The third-order valence-corrected chi connectivity index (χ3v) is 15.0. The van der Waals surface area contributed by atoms with Crippen molar-refractivity contribution in [2.75, 3.05) is 4.90 Å². The lowest BCUT2D eigenvalue weighted by Crippen LogP contribution is -2.55. The highest BCUT2D eigenvalue weighted by Crippen LogP contribution is 2.69. The summed E-state index contributed by atoms with van der Waals surface area (Å²) in [6.07, 6.45) is 6.96. The molecule has 9 aromatic rings. The van der Waals surface area contributed by atoms with Crippen molar-refractivity contribution in [3.8, 4) is 27.9 Å². The predicted molar refractivity (Wildman–Crippen MR) is 242 cm³/mol. The van der Waals surface area contributed by atoms with E-state index in [-0.39, 0.29) is 5.41 Å². The molecule has 0 unspecified atom stereocenters. The zero-order chi connectivity index (χ0) is 38.0. The van der Waals surface area contributed by atoms with Gasteiger partial charge in [0.2, 0.25) is 0 Å². The Kier molecular flexibility index (Phi) is 6.94. The molecule has 58 heavy (non-hydrogen) atoms. The minimum absolute atomic E-state index is 0.0873. The van der Waals surface area contributed by atoms with E-state index in [2.05, 4.69) is 191 Å². The van der Waals surface area contributed by atoms with Crippen LogP contribution in [-0.2, 0) is 5.41 Å². The molecule has 0 aliphatic heterocycles. The maximum absolute atomic E-state index is 2.65. The maximum atomic E-state index is 2.65. The number of nitrogens with zero attached hydrogens (tertiary/aromatic N) is 2. The summed E-state index contributed by atoms with van der Waals surface area (Å²) < 4.78 is 2.45. The van der Waals surface area contributed by atoms with Gasteiger partial charge >= 0.3 is 0 Å². The van der Waals surface area contributed by atoms with Gasteiger partial charge in [-0.1, -0.05) is 133 Å². The monoisotopic (exact) mass is 744 g/mol. The van der Waals surface area contributed by atoms with Crippen LogP contribution in [0.5, 0.6) is 0 Å². The van der Waals surface area contributed by atoms with Gasteiger partial charge in [0.1, 0.15) is 0 Å². The summed E-state index contributed by atoms with van der Waals surface area (Å²) in [4.78, 5) is 2.58. The third kappa shape index (κ3) is 4.49. The van der Waals surface area contributed by atoms with Gasteiger partial charge < -0.3 is 9.47 Å². The lowest BCUT2D eigenvalue weighted by atomic mass is 9.43. The topological polar surface area (TPSA) is 8.17 Å². The van der Waals surface area contributed by atoms with Gasteiger partial charge in [-0.15, -0.1) is 0 Å². The molecule has 14 rings (SSSR count). The Hall–Kier alpha value is -6.38. The largest absolute Gasteiger partial charge is 0.310 e. The highest BCUT2D eigenvalue weighted by molar-refractivity contribution is 6.11. The van der Waals surface area contributed by atoms with Crippen molar-refractivity contribution in [1.82, 2.24) is 4.57 Å². The Bertz CT molecular complexity index is 3050. The normalized spacial score (nSPS) is 22.6. The summed E-state index contributed by atoms with van der Waals surface area (Å²) in [7, 11) is 0. The summed E-state index contributed by atoms with van der Waals surface area (Å²) in [5.74, 6) is 3.22. The smallest absolute Gasteiger partial charge is 0.0561 e. The van der Waals surface area contributed by atoms with E-state index in [4.69, 9.17) is 0 Å². The molecule has 2 heteroatoms. The molecule has 0 saturated heterocycles. The highest BCUT2D eigenvalue weighted by Gasteiger charge is 2.61. The molecule has 4 bridgehead atoms. The van der Waals surface area contributed by atoms with Gasteiger partial charge in [0.05, 0.1) is 16.7 Å². The number of benzene rings is 8. The summed E-state index contributed by atoms with van der Waals surface area (Å²) >= 11 is 0. The fourth-order valence-electron chi connectivity index (χ4n) is 13.0. The molecular weight excluding hydrogens is 701 g/mol. The van der Waals surface area contributed by atoms with Crippen molar-refractivity contribution in [1.29, 1.82) is 0 Å². The number of hydrogen-bond donors (Lipinski definition) is 0. The van der Waals surface area contributed by atoms with Gasteiger partial charge in [0, 0.05) is 38.6 Å². The van der Waals surface area contributed by atoms with Crippen molar-refractivity contribution in [2.24, 2.45) is 23.7 Å². The summed E-state index contributed by atoms with van der Waals surface area (Å²) in [6, 6.07) is 68.6. The molecular formula is C56H44N2. The quantitative estimate of drug-likeness (QED) is 0.170. The van der Waals surface area contributed by atoms with Gasteiger partial charge in [-0.05, 0) is 143 Å². The molecule has 4 saturated carbocycles. The number of para-hydroxylation sites is 2. The number of fused-ring (bicyclic) bond motifs is 7. The van der Waals surface area contributed by atoms with E-state index in [1.807, 2.05) is 0 Å². The zero-order valence-electron chi connectivity index (χ0n) is 32.6. The van der Waals surface area contributed by atoms with Gasteiger partial charge in [-0.3, -0.25) is 0 Å². The van der Waals surface area contributed by atoms with Crippen molar-refractivity contribution >= 4 is 49.6 Å². The molecule has 1 spiro atoms. The van der Waals surface area contributed by atoms with E-state index in [0.717, 1.165) is 11.8 Å². The Morgan fingerprint density at radius 1 is 0.414 bits per heavy atom. The number of aromatic nitrogens is 1. The minimum atomic E-state index is 0.0873. The first-order chi connectivity index (χ1) is 28.7. The Morgan fingerprint density at radius 2 is 1.00 bits per heavy atom. The molecule has 278 valence electrons. The average Bonchev–Trinajstić information content (AvgIpc) is 3.76. The molecule has 1 aromatic heterocycles. The van der Waals surface area contributed by atoms with Crippen LogP contribution in [0, 0.1) is 23.7 Å². The lowest BCUT2D eigenvalue weighted by molar-refractivity contribution is -0.0399. The minimum Gasteiger partial charge on any atom is -0.310 e. The van der Waals surface area contributed by atoms with Crippen LogP contribution in [-0.4, -0.2) is 4.57 Å². The second-order valence-electron chi connectivity index (χ2n) is 17.7. The zero-order valence-corrected chi connectivity index (χ0v) is 32.6. The van der Waals surface area contributed by atoms with Crippen LogP contribution >= 0.6 is 0 Å². The Morgan fingerprint density at radius 3 is 1.79 bits per heavy atom. The van der Waals surface area contributed by atoms with Crippen molar-refractivity contribution in [2.45, 2.75) is 37.5 Å². The second-order valence-corrected chi connectivity index (χ2v) is 17.7. The molecule has 1 heterocycles. The second kappa shape index (κ2) is 12.3. The average molecular weight is 745 g/mol. The fourth-order valence-corrected chi connectivity index (χ4v) is 13.0. The SMILES string of the molecule is c1ccc(-c2ccc(N(c3ccc4c(c3)C3(c5ccccc5-4)C4CC5CC(C4)CC3C5)c3ccc4c5ccccc5n(-c5ccccc5)c4c3)c3ccccc23)cc1. The van der Waals surface area contributed by atoms with Gasteiger partial charge in [-0.25, -0.2) is 0 Å². The van der Waals surface area contributed by atoms with E-state index >= 15 is 0 Å². The Balaban J connectivity index is 1.08. The number of anilines is 3. The first kappa shape index (κ1) is 32.7. The maximum Gasteiger partial charge on any atom is 0.0561 e. The predicted octanol–water partition coefficient (Wildman–Crippen LogP) is 14.8. The van der Waals surface area contributed by atoms with E-state index in [9.17, 15) is 0 Å². The summed E-state index contributed by atoms with van der Waals surface area (Å²) in [5, 5.41) is 5.06. The third-order valence-electron chi connectivity index (χ3n) is 15.0. The Labute approximate surface area is 340 Å². The molecule has 2 nitrogen and oxygen atoms in total. The molecule has 5 aliphatic carbocycles. The van der Waals surface area contributed by atoms with Crippen LogP contribution < -0.4 is 4.90 Å². The van der Waals surface area contributed by atoms with Crippen LogP contribution in [0.4, 0.5) is 17.1 Å². The van der Waals surface area contributed by atoms with Crippen molar-refractivity contribution in [3.05, 3.63) is 193 Å². The van der Waals surface area contributed by atoms with E-state index in [1.54, 1.807) is 11.1 Å². The van der Waals surface area contributed by atoms with Crippen LogP contribution in [0.1, 0.15) is 43.2 Å². The molecule has 0 N–H and O–H groups in total. The van der Waals surface area contributed by atoms with Crippen LogP contribution in [0.15, 0.2) is 182 Å². The molecule has 0 radical (unpaired) electrons.